The van der Waals surface area contributed by atoms with Crippen molar-refractivity contribution in [2.75, 3.05) is 0 Å². The molecule has 1 aliphatic heterocycles. The fourth-order valence-corrected chi connectivity index (χ4v) is 3.10. The zero-order valence-electron chi connectivity index (χ0n) is 3.22. The quantitative estimate of drug-likeness (QED) is 0.503. The minimum absolute atomic E-state index is 0.850. The van der Waals surface area contributed by atoms with Gasteiger partial charge in [-0.15, -0.1) is 0 Å². The molecule has 0 aromatic heterocycles. The Kier molecular flexibility index (Phi) is 1.52. The van der Waals surface area contributed by atoms with E-state index in [0.717, 1.165) is 0 Å². The third-order valence-corrected chi connectivity index (χ3v) is 4.96. The zero-order chi connectivity index (χ0) is 4.41. The number of hydrogen-bond donors (Lipinski definition) is 0. The summed E-state index contributed by atoms with van der Waals surface area (Å²) in [5, 5.41) is 0. The Labute approximate surface area is 47.1 Å². The summed E-state index contributed by atoms with van der Waals surface area (Å²) in [5.41, 5.74) is 0. The molecule has 0 atom stereocenters. The van der Waals surface area contributed by atoms with Crippen LogP contribution in [0.4, 0.5) is 0 Å². The van der Waals surface area contributed by atoms with Crippen LogP contribution in [0.2, 0.25) is 0 Å². The second-order valence-electron chi connectivity index (χ2n) is 1.03. The molecule has 0 spiro atoms. The summed E-state index contributed by atoms with van der Waals surface area (Å²) in [6.45, 7) is 0. The van der Waals surface area contributed by atoms with Gasteiger partial charge in [-0.25, -0.2) is 0 Å². The Morgan fingerprint density at radius 2 is 1.67 bits per heavy atom. The van der Waals surface area contributed by atoms with Crippen LogP contribution in [0.1, 0.15) is 0 Å². The Morgan fingerprint density at radius 1 is 1.17 bits per heavy atom. The molecule has 0 fully saturated rings. The molecule has 30 valence electrons. The van der Waals surface area contributed by atoms with Crippen molar-refractivity contribution in [3.05, 3.63) is 20.4 Å². The van der Waals surface area contributed by atoms with Crippen LogP contribution < -0.4 is 0 Å². The van der Waals surface area contributed by atoms with Gasteiger partial charge < -0.3 is 0 Å². The van der Waals surface area contributed by atoms with Gasteiger partial charge in [0.1, 0.15) is 0 Å². The van der Waals surface area contributed by atoms with Gasteiger partial charge in [0, 0.05) is 0 Å². The van der Waals surface area contributed by atoms with E-state index in [4.69, 9.17) is 0 Å². The maximum atomic E-state index is 3.58. The first-order valence-electron chi connectivity index (χ1n) is 1.68. The van der Waals surface area contributed by atoms with Crippen molar-refractivity contribution in [2.45, 2.75) is 0 Å². The average Bonchev–Trinajstić information content (AvgIpc) is 1.86. The Morgan fingerprint density at radius 3 is 1.83 bits per heavy atom. The minimum atomic E-state index is -0.850. The van der Waals surface area contributed by atoms with Gasteiger partial charge in [0.05, 0.1) is 0 Å². The van der Waals surface area contributed by atoms with E-state index in [1.807, 2.05) is 0 Å². The molecule has 6 heavy (non-hydrogen) atoms. The van der Waals surface area contributed by atoms with E-state index in [2.05, 4.69) is 28.2 Å². The second kappa shape index (κ2) is 1.97. The first-order chi connectivity index (χ1) is 2.89. The van der Waals surface area contributed by atoms with Crippen molar-refractivity contribution in [2.24, 2.45) is 0 Å². The van der Waals surface area contributed by atoms with E-state index in [1.54, 1.807) is 0 Å². The first kappa shape index (κ1) is 4.64. The molecule has 1 heterocycles. The molecule has 0 aromatic rings. The zero-order valence-corrected chi connectivity index (χ0v) is 6.55. The third kappa shape index (κ3) is 0.973. The molecule has 0 unspecified atom stereocenters. The van der Waals surface area contributed by atoms with Crippen LogP contribution in [0.25, 0.3) is 0 Å². The average molecular weight is 208 g/mol. The molecule has 0 aromatic carbocycles. The summed E-state index contributed by atoms with van der Waals surface area (Å²) in [6.07, 6.45) is 4.20. The van der Waals surface area contributed by atoms with E-state index in [0.29, 0.717) is 0 Å². The van der Waals surface area contributed by atoms with Gasteiger partial charge in [-0.1, -0.05) is 0 Å². The molecule has 0 N–H and O–H groups in total. The number of allylic oxidation sites excluding steroid dienone is 2. The van der Waals surface area contributed by atoms with Gasteiger partial charge in [0.15, 0.2) is 0 Å². The van der Waals surface area contributed by atoms with Crippen LogP contribution in [0, 0.1) is 0 Å². The summed E-state index contributed by atoms with van der Waals surface area (Å²) in [7, 11) is 3.58. The van der Waals surface area contributed by atoms with Crippen LogP contribution in [0.3, 0.4) is 0 Å². The molecule has 0 bridgehead atoms. The van der Waals surface area contributed by atoms with E-state index in [-0.39, 0.29) is 0 Å². The maximum absolute atomic E-state index is 3.58. The molecule has 0 nitrogen and oxygen atoms in total. The molecular weight excluding hydrogens is 204 g/mol. The van der Waals surface area contributed by atoms with E-state index < -0.39 is 18.8 Å². The van der Waals surface area contributed by atoms with E-state index in [9.17, 15) is 0 Å². The fourth-order valence-electron chi connectivity index (χ4n) is 0.305. The summed E-state index contributed by atoms with van der Waals surface area (Å²) in [6, 6.07) is 0. The van der Waals surface area contributed by atoms with Crippen LogP contribution in [-0.4, -0.2) is 26.6 Å². The predicted molar refractivity (Wildman–Crippen MR) is 29.8 cm³/mol. The summed E-state index contributed by atoms with van der Waals surface area (Å²) in [5.74, 6) is 0. The van der Waals surface area contributed by atoms with Crippen LogP contribution in [0.5, 0.6) is 0 Å². The van der Waals surface area contributed by atoms with E-state index >= 15 is 0 Å². The topological polar surface area (TPSA) is 0 Å². The molecule has 0 amide bonds. The number of rotatable bonds is 0. The van der Waals surface area contributed by atoms with Gasteiger partial charge in [-0.3, -0.25) is 0 Å². The van der Waals surface area contributed by atoms with Gasteiger partial charge in [-0.2, -0.15) is 0 Å². The van der Waals surface area contributed by atoms with Crippen molar-refractivity contribution >= 4 is 26.6 Å². The molecule has 1 aliphatic rings. The molecule has 0 saturated heterocycles. The Hall–Kier alpha value is 0.486. The van der Waals surface area contributed by atoms with Crippen molar-refractivity contribution in [1.29, 1.82) is 0 Å². The Balaban J connectivity index is 2.60. The van der Waals surface area contributed by atoms with Crippen molar-refractivity contribution in [1.82, 2.24) is 0 Å². The molecule has 0 saturated carbocycles. The van der Waals surface area contributed by atoms with Crippen molar-refractivity contribution < 1.29 is 0 Å². The SMILES string of the molecule is [Si][Te]1C=CC=C1. The molecule has 0 aliphatic carbocycles. The Bertz CT molecular complexity index is 83.7. The third-order valence-electron chi connectivity index (χ3n) is 0.561. The molecule has 2 heteroatoms. The fraction of sp³-hybridized carbons (Fsp3) is 0. The predicted octanol–water partition coefficient (Wildman–Crippen LogP) is 0.351. The monoisotopic (exact) mass is 210 g/mol. The number of hydrogen-bond acceptors (Lipinski definition) is 0. The van der Waals surface area contributed by atoms with Gasteiger partial charge in [0.2, 0.25) is 0 Å². The van der Waals surface area contributed by atoms with Crippen molar-refractivity contribution in [3.8, 4) is 0 Å². The van der Waals surface area contributed by atoms with Gasteiger partial charge in [-0.05, 0) is 0 Å². The van der Waals surface area contributed by atoms with Crippen LogP contribution in [0.15, 0.2) is 20.4 Å². The molecule has 1 rings (SSSR count). The van der Waals surface area contributed by atoms with Crippen LogP contribution in [-0.2, 0) is 0 Å². The second-order valence-corrected chi connectivity index (χ2v) is 7.87. The summed E-state index contributed by atoms with van der Waals surface area (Å²) in [4.78, 5) is 0. The summed E-state index contributed by atoms with van der Waals surface area (Å²) < 4.78 is 4.50. The standard InChI is InChI=1S/C4H4SiTe/c5-6-3-1-2-4-6/h1-4H. The normalized spacial score (nSPS) is 20.2. The summed E-state index contributed by atoms with van der Waals surface area (Å²) >= 11 is -0.850. The molecular formula is C4H4SiTe. The molecule has 4 radical (unpaired) electrons. The van der Waals surface area contributed by atoms with Gasteiger partial charge >= 0.3 is 47.0 Å². The van der Waals surface area contributed by atoms with Gasteiger partial charge in [0.25, 0.3) is 0 Å². The van der Waals surface area contributed by atoms with E-state index in [1.165, 1.54) is 0 Å². The van der Waals surface area contributed by atoms with Crippen molar-refractivity contribution in [3.63, 3.8) is 0 Å². The first-order valence-corrected chi connectivity index (χ1v) is 8.27. The van der Waals surface area contributed by atoms with Crippen LogP contribution >= 0.6 is 0 Å².